The zero-order valence-electron chi connectivity index (χ0n) is 10.2. The molecule has 0 fully saturated rings. The maximum atomic E-state index is 11.9. The molecule has 2 rings (SSSR count). The summed E-state index contributed by atoms with van der Waals surface area (Å²) in [5.41, 5.74) is 0.883. The Kier molecular flexibility index (Phi) is 3.81. The lowest BCUT2D eigenvalue weighted by molar-refractivity contribution is 0.443. The van der Waals surface area contributed by atoms with Gasteiger partial charge in [-0.25, -0.2) is 4.98 Å². The molecule has 1 aromatic heterocycles. The molecule has 0 unspecified atom stereocenters. The van der Waals surface area contributed by atoms with Crippen molar-refractivity contribution in [3.63, 3.8) is 0 Å². The van der Waals surface area contributed by atoms with Crippen LogP contribution in [0, 0.1) is 6.92 Å². The lowest BCUT2D eigenvalue weighted by atomic mass is 10.2. The topological polar surface area (TPSA) is 44.1 Å². The van der Waals surface area contributed by atoms with E-state index in [4.69, 9.17) is 4.74 Å². The molecule has 0 atom stereocenters. The summed E-state index contributed by atoms with van der Waals surface area (Å²) in [5, 5.41) is 0. The van der Waals surface area contributed by atoms with Gasteiger partial charge in [0.1, 0.15) is 5.75 Å². The molecule has 0 aliphatic heterocycles. The quantitative estimate of drug-likeness (QED) is 0.875. The van der Waals surface area contributed by atoms with E-state index in [1.807, 2.05) is 32.0 Å². The minimum Gasteiger partial charge on any atom is -0.433 e. The lowest BCUT2D eigenvalue weighted by Gasteiger charge is -2.08. The summed E-state index contributed by atoms with van der Waals surface area (Å²) in [6.07, 6.45) is 3.20. The van der Waals surface area contributed by atoms with E-state index in [-0.39, 0.29) is 11.4 Å². The predicted molar refractivity (Wildman–Crippen MR) is 73.1 cm³/mol. The van der Waals surface area contributed by atoms with E-state index < -0.39 is 0 Å². The zero-order valence-corrected chi connectivity index (χ0v) is 11.8. The van der Waals surface area contributed by atoms with Crippen LogP contribution in [0.1, 0.15) is 12.5 Å². The summed E-state index contributed by atoms with van der Waals surface area (Å²) in [6, 6.07) is 5.65. The van der Waals surface area contributed by atoms with Crippen LogP contribution in [0.3, 0.4) is 0 Å². The van der Waals surface area contributed by atoms with Gasteiger partial charge in [0.2, 0.25) is 0 Å². The second-order valence-electron chi connectivity index (χ2n) is 3.86. The molecule has 0 aliphatic carbocycles. The third-order valence-electron chi connectivity index (χ3n) is 2.52. The number of aryl methyl sites for hydroxylation is 2. The van der Waals surface area contributed by atoms with Crippen molar-refractivity contribution in [2.24, 2.45) is 0 Å². The minimum absolute atomic E-state index is 0.0869. The van der Waals surface area contributed by atoms with E-state index >= 15 is 0 Å². The van der Waals surface area contributed by atoms with Crippen LogP contribution in [0.5, 0.6) is 11.6 Å². The predicted octanol–water partition coefficient (Wildman–Crippen LogP) is 3.13. The van der Waals surface area contributed by atoms with Crippen molar-refractivity contribution in [1.29, 1.82) is 0 Å². The minimum atomic E-state index is -0.229. The average molecular weight is 309 g/mol. The van der Waals surface area contributed by atoms with Crippen molar-refractivity contribution in [2.45, 2.75) is 20.4 Å². The average Bonchev–Trinajstić information content (AvgIpc) is 2.35. The van der Waals surface area contributed by atoms with Gasteiger partial charge in [-0.05, 0) is 47.5 Å². The molecule has 0 amide bonds. The van der Waals surface area contributed by atoms with Crippen LogP contribution in [-0.4, -0.2) is 9.55 Å². The van der Waals surface area contributed by atoms with E-state index in [9.17, 15) is 4.79 Å². The van der Waals surface area contributed by atoms with Gasteiger partial charge >= 0.3 is 5.56 Å². The summed E-state index contributed by atoms with van der Waals surface area (Å²) in [6.45, 7) is 4.47. The number of hydrogen-bond donors (Lipinski definition) is 0. The van der Waals surface area contributed by atoms with Crippen LogP contribution in [0.15, 0.2) is 39.9 Å². The van der Waals surface area contributed by atoms with E-state index in [2.05, 4.69) is 20.9 Å². The van der Waals surface area contributed by atoms with Gasteiger partial charge in [0.25, 0.3) is 5.88 Å². The maximum Gasteiger partial charge on any atom is 0.313 e. The van der Waals surface area contributed by atoms with Crippen molar-refractivity contribution < 1.29 is 4.74 Å². The van der Waals surface area contributed by atoms with Crippen molar-refractivity contribution in [3.05, 3.63) is 51.0 Å². The van der Waals surface area contributed by atoms with Crippen LogP contribution in [0.25, 0.3) is 0 Å². The number of benzene rings is 1. The molecule has 2 aromatic rings. The first kappa shape index (κ1) is 12.8. The zero-order chi connectivity index (χ0) is 13.1. The van der Waals surface area contributed by atoms with Crippen molar-refractivity contribution in [3.8, 4) is 11.6 Å². The van der Waals surface area contributed by atoms with Crippen LogP contribution < -0.4 is 10.3 Å². The summed E-state index contributed by atoms with van der Waals surface area (Å²) in [4.78, 5) is 15.9. The first-order chi connectivity index (χ1) is 8.61. The fraction of sp³-hybridized carbons (Fsp3) is 0.231. The smallest absolute Gasteiger partial charge is 0.313 e. The van der Waals surface area contributed by atoms with Gasteiger partial charge in [-0.15, -0.1) is 0 Å². The van der Waals surface area contributed by atoms with Gasteiger partial charge in [-0.2, -0.15) is 0 Å². The van der Waals surface area contributed by atoms with Crippen LogP contribution in [0.4, 0.5) is 0 Å². The molecule has 18 heavy (non-hydrogen) atoms. The summed E-state index contributed by atoms with van der Waals surface area (Å²) >= 11 is 3.40. The highest BCUT2D eigenvalue weighted by molar-refractivity contribution is 9.10. The Labute approximate surface area is 113 Å². The number of nitrogens with zero attached hydrogens (tertiary/aromatic N) is 2. The van der Waals surface area contributed by atoms with Gasteiger partial charge < -0.3 is 9.30 Å². The molecule has 1 heterocycles. The molecule has 0 aliphatic rings. The fourth-order valence-corrected chi connectivity index (χ4v) is 2.11. The van der Waals surface area contributed by atoms with E-state index in [1.54, 1.807) is 17.0 Å². The molecule has 0 spiro atoms. The Bertz CT molecular complexity index is 623. The molecule has 0 radical (unpaired) electrons. The number of halogens is 1. The summed E-state index contributed by atoms with van der Waals surface area (Å²) in [7, 11) is 0. The highest BCUT2D eigenvalue weighted by atomic mass is 79.9. The highest BCUT2D eigenvalue weighted by Crippen LogP contribution is 2.28. The molecule has 0 saturated carbocycles. The van der Waals surface area contributed by atoms with Crippen LogP contribution in [-0.2, 0) is 6.54 Å². The Morgan fingerprint density at radius 2 is 2.22 bits per heavy atom. The Morgan fingerprint density at radius 3 is 2.89 bits per heavy atom. The van der Waals surface area contributed by atoms with Crippen molar-refractivity contribution in [1.82, 2.24) is 9.55 Å². The molecule has 1 aromatic carbocycles. The van der Waals surface area contributed by atoms with Gasteiger partial charge in [0.15, 0.2) is 0 Å². The van der Waals surface area contributed by atoms with Crippen molar-refractivity contribution in [2.75, 3.05) is 0 Å². The summed E-state index contributed by atoms with van der Waals surface area (Å²) in [5.74, 6) is 0.669. The van der Waals surface area contributed by atoms with Gasteiger partial charge in [0.05, 0.1) is 4.47 Å². The summed E-state index contributed by atoms with van der Waals surface area (Å²) < 4.78 is 7.89. The second kappa shape index (κ2) is 5.35. The molecule has 0 saturated heterocycles. The first-order valence-corrected chi connectivity index (χ1v) is 6.40. The van der Waals surface area contributed by atoms with Gasteiger partial charge in [0, 0.05) is 18.9 Å². The Morgan fingerprint density at radius 1 is 1.44 bits per heavy atom. The van der Waals surface area contributed by atoms with E-state index in [0.29, 0.717) is 12.3 Å². The fourth-order valence-electron chi connectivity index (χ4n) is 1.54. The molecule has 5 heteroatoms. The third-order valence-corrected chi connectivity index (χ3v) is 3.14. The molecule has 4 nitrogen and oxygen atoms in total. The first-order valence-electron chi connectivity index (χ1n) is 5.61. The maximum absolute atomic E-state index is 11.9. The monoisotopic (exact) mass is 308 g/mol. The molecular weight excluding hydrogens is 296 g/mol. The highest BCUT2D eigenvalue weighted by Gasteiger charge is 2.09. The molecule has 0 bridgehead atoms. The second-order valence-corrected chi connectivity index (χ2v) is 4.71. The molecule has 94 valence electrons. The van der Waals surface area contributed by atoms with Crippen molar-refractivity contribution >= 4 is 15.9 Å². The molecular formula is C13H13BrN2O2. The third kappa shape index (κ3) is 2.61. The van der Waals surface area contributed by atoms with Gasteiger partial charge in [-0.3, -0.25) is 4.79 Å². The Hall–Kier alpha value is -1.62. The SMILES string of the molecule is CCn1ccnc(Oc2ccc(C)cc2Br)c1=O. The molecule has 0 N–H and O–H groups in total. The number of aromatic nitrogens is 2. The normalized spacial score (nSPS) is 10.4. The van der Waals surface area contributed by atoms with Crippen LogP contribution in [0.2, 0.25) is 0 Å². The van der Waals surface area contributed by atoms with E-state index in [0.717, 1.165) is 10.0 Å². The number of rotatable bonds is 3. The van der Waals surface area contributed by atoms with E-state index in [1.165, 1.54) is 0 Å². The Balaban J connectivity index is 2.37. The largest absolute Gasteiger partial charge is 0.433 e. The number of ether oxygens (including phenoxy) is 1. The number of hydrogen-bond acceptors (Lipinski definition) is 3. The standard InChI is InChI=1S/C13H13BrN2O2/c1-3-16-7-6-15-12(13(16)17)18-11-5-4-9(2)8-10(11)14/h4-8H,3H2,1-2H3. The van der Waals surface area contributed by atoms with Crippen LogP contribution >= 0.6 is 15.9 Å². The van der Waals surface area contributed by atoms with Gasteiger partial charge in [-0.1, -0.05) is 6.07 Å². The lowest BCUT2D eigenvalue weighted by Crippen LogP contribution is -2.20.